The van der Waals surface area contributed by atoms with Gasteiger partial charge in [0.2, 0.25) is 5.91 Å². The van der Waals surface area contributed by atoms with Gasteiger partial charge in [0.1, 0.15) is 10.4 Å². The lowest BCUT2D eigenvalue weighted by Gasteiger charge is -2.29. The fourth-order valence-corrected chi connectivity index (χ4v) is 5.78. The second kappa shape index (κ2) is 8.72. The van der Waals surface area contributed by atoms with Gasteiger partial charge in [0, 0.05) is 10.9 Å². The van der Waals surface area contributed by atoms with Gasteiger partial charge in [-0.3, -0.25) is 14.2 Å². The molecule has 1 aliphatic carbocycles. The Morgan fingerprint density at radius 2 is 1.97 bits per heavy atom. The fourth-order valence-electron chi connectivity index (χ4n) is 3.73. The zero-order chi connectivity index (χ0) is 22.2. The highest BCUT2D eigenvalue weighted by molar-refractivity contribution is 8.00. The molecule has 2 atom stereocenters. The van der Waals surface area contributed by atoms with E-state index in [2.05, 4.69) is 11.4 Å². The summed E-state index contributed by atoms with van der Waals surface area (Å²) >= 11 is 2.84. The minimum absolute atomic E-state index is 0.00732. The van der Waals surface area contributed by atoms with Gasteiger partial charge in [-0.15, -0.1) is 11.3 Å². The van der Waals surface area contributed by atoms with Crippen molar-refractivity contribution in [1.82, 2.24) is 14.9 Å². The van der Waals surface area contributed by atoms with E-state index in [1.165, 1.54) is 23.1 Å². The van der Waals surface area contributed by atoms with Crippen molar-refractivity contribution in [2.24, 2.45) is 5.92 Å². The maximum Gasteiger partial charge on any atom is 0.263 e. The standard InChI is InChI=1S/C22H30N4O2S2/c1-12(2)22(6,11-23)25-18(27)15(5)30-21-24-19-17(13(3)14(4)29-19)20(28)26(21)16-9-7-8-10-16/h12,15-16H,7-10H2,1-6H3,(H,25,27). The van der Waals surface area contributed by atoms with Crippen molar-refractivity contribution in [3.8, 4) is 6.07 Å². The molecule has 1 aliphatic rings. The highest BCUT2D eigenvalue weighted by atomic mass is 32.2. The van der Waals surface area contributed by atoms with E-state index in [0.717, 1.165) is 41.0 Å². The van der Waals surface area contributed by atoms with E-state index in [9.17, 15) is 14.9 Å². The summed E-state index contributed by atoms with van der Waals surface area (Å²) < 4.78 is 1.83. The number of nitrogens with zero attached hydrogens (tertiary/aromatic N) is 3. The third-order valence-electron chi connectivity index (χ3n) is 6.31. The minimum atomic E-state index is -0.934. The predicted molar refractivity (Wildman–Crippen MR) is 123 cm³/mol. The summed E-state index contributed by atoms with van der Waals surface area (Å²) in [6.45, 7) is 11.4. The molecule has 6 nitrogen and oxygen atoms in total. The second-order valence-corrected chi connectivity index (χ2v) is 11.2. The van der Waals surface area contributed by atoms with Crippen molar-refractivity contribution >= 4 is 39.2 Å². The van der Waals surface area contributed by atoms with Gasteiger partial charge in [-0.1, -0.05) is 38.5 Å². The summed E-state index contributed by atoms with van der Waals surface area (Å²) in [6, 6.07) is 2.35. The van der Waals surface area contributed by atoms with E-state index in [1.807, 2.05) is 32.3 Å². The van der Waals surface area contributed by atoms with Gasteiger partial charge in [-0.25, -0.2) is 4.98 Å². The first-order valence-corrected chi connectivity index (χ1v) is 12.2. The summed E-state index contributed by atoms with van der Waals surface area (Å²) in [6.07, 6.45) is 4.13. The fraction of sp³-hybridized carbons (Fsp3) is 0.636. The summed E-state index contributed by atoms with van der Waals surface area (Å²) in [5.74, 6) is -0.240. The van der Waals surface area contributed by atoms with Crippen molar-refractivity contribution in [1.29, 1.82) is 5.26 Å². The first kappa shape index (κ1) is 22.8. The molecule has 3 rings (SSSR count). The molecule has 1 N–H and O–H groups in total. The Kier molecular flexibility index (Phi) is 6.63. The third kappa shape index (κ3) is 4.15. The molecule has 0 saturated heterocycles. The average molecular weight is 447 g/mol. The molecule has 2 aromatic rings. The molecule has 8 heteroatoms. The van der Waals surface area contributed by atoms with E-state index in [4.69, 9.17) is 4.98 Å². The zero-order valence-electron chi connectivity index (χ0n) is 18.5. The number of hydrogen-bond donors (Lipinski definition) is 1. The topological polar surface area (TPSA) is 87.8 Å². The number of thiophene rings is 1. The second-order valence-electron chi connectivity index (χ2n) is 8.69. The Labute approximate surface area is 186 Å². The zero-order valence-corrected chi connectivity index (χ0v) is 20.2. The van der Waals surface area contributed by atoms with Crippen LogP contribution in [0.4, 0.5) is 0 Å². The lowest BCUT2D eigenvalue weighted by atomic mass is 9.90. The number of rotatable bonds is 6. The number of carbonyl (C=O) groups is 1. The molecular weight excluding hydrogens is 416 g/mol. The van der Waals surface area contributed by atoms with Crippen LogP contribution in [0, 0.1) is 31.1 Å². The van der Waals surface area contributed by atoms with E-state index in [1.54, 1.807) is 13.8 Å². The SMILES string of the molecule is Cc1sc2nc(SC(C)C(=O)NC(C)(C#N)C(C)C)n(C3CCCC3)c(=O)c2c1C. The van der Waals surface area contributed by atoms with Gasteiger partial charge < -0.3 is 5.32 Å². The molecule has 1 saturated carbocycles. The Morgan fingerprint density at radius 1 is 1.33 bits per heavy atom. The lowest BCUT2D eigenvalue weighted by Crippen LogP contribution is -2.51. The Bertz CT molecular complexity index is 1060. The van der Waals surface area contributed by atoms with Crippen LogP contribution < -0.4 is 10.9 Å². The van der Waals surface area contributed by atoms with Crippen molar-refractivity contribution < 1.29 is 4.79 Å². The summed E-state index contributed by atoms with van der Waals surface area (Å²) in [5, 5.41) is 13.2. The van der Waals surface area contributed by atoms with Crippen LogP contribution >= 0.6 is 23.1 Å². The number of thioether (sulfide) groups is 1. The molecule has 0 aliphatic heterocycles. The summed E-state index contributed by atoms with van der Waals surface area (Å²) in [4.78, 5) is 33.0. The number of aromatic nitrogens is 2. The first-order chi connectivity index (χ1) is 14.1. The van der Waals surface area contributed by atoms with Crippen LogP contribution in [-0.4, -0.2) is 26.2 Å². The third-order valence-corrected chi connectivity index (χ3v) is 8.48. The number of fused-ring (bicyclic) bond motifs is 1. The lowest BCUT2D eigenvalue weighted by molar-refractivity contribution is -0.121. The number of carbonyl (C=O) groups excluding carboxylic acids is 1. The molecule has 30 heavy (non-hydrogen) atoms. The highest BCUT2D eigenvalue weighted by Crippen LogP contribution is 2.35. The molecule has 2 heterocycles. The minimum Gasteiger partial charge on any atom is -0.337 e. The molecule has 162 valence electrons. The molecule has 2 unspecified atom stereocenters. The number of hydrogen-bond acceptors (Lipinski definition) is 6. The van der Waals surface area contributed by atoms with E-state index < -0.39 is 10.8 Å². The summed E-state index contributed by atoms with van der Waals surface area (Å²) in [5.41, 5.74) is 0.0762. The Balaban J connectivity index is 1.98. The number of nitrogens with one attached hydrogen (secondary N) is 1. The Morgan fingerprint density at radius 3 is 2.53 bits per heavy atom. The largest absolute Gasteiger partial charge is 0.337 e. The van der Waals surface area contributed by atoms with Crippen LogP contribution in [0.5, 0.6) is 0 Å². The van der Waals surface area contributed by atoms with Crippen molar-refractivity contribution in [3.63, 3.8) is 0 Å². The van der Waals surface area contributed by atoms with Crippen molar-refractivity contribution in [2.75, 3.05) is 0 Å². The molecular formula is C22H30N4O2S2. The van der Waals surface area contributed by atoms with Gasteiger partial charge in [-0.2, -0.15) is 5.26 Å². The van der Waals surface area contributed by atoms with Gasteiger partial charge >= 0.3 is 0 Å². The van der Waals surface area contributed by atoms with Crippen LogP contribution in [0.1, 0.15) is 69.9 Å². The maximum absolute atomic E-state index is 13.5. The van der Waals surface area contributed by atoms with Crippen LogP contribution in [0.15, 0.2) is 9.95 Å². The van der Waals surface area contributed by atoms with Gasteiger partial charge in [0.05, 0.1) is 16.7 Å². The molecule has 1 amide bonds. The number of nitriles is 1. The molecule has 2 aromatic heterocycles. The Hall–Kier alpha value is -1.85. The average Bonchev–Trinajstić information content (AvgIpc) is 3.30. The first-order valence-electron chi connectivity index (χ1n) is 10.5. The van der Waals surface area contributed by atoms with Crippen LogP contribution in [-0.2, 0) is 4.79 Å². The van der Waals surface area contributed by atoms with Crippen LogP contribution in [0.2, 0.25) is 0 Å². The monoisotopic (exact) mass is 446 g/mol. The predicted octanol–water partition coefficient (Wildman–Crippen LogP) is 4.73. The molecule has 0 aromatic carbocycles. The molecule has 0 spiro atoms. The highest BCUT2D eigenvalue weighted by Gasteiger charge is 2.33. The summed E-state index contributed by atoms with van der Waals surface area (Å²) in [7, 11) is 0. The molecule has 0 radical (unpaired) electrons. The molecule has 1 fully saturated rings. The van der Waals surface area contributed by atoms with Crippen molar-refractivity contribution in [3.05, 3.63) is 20.8 Å². The van der Waals surface area contributed by atoms with E-state index >= 15 is 0 Å². The van der Waals surface area contributed by atoms with Crippen LogP contribution in [0.3, 0.4) is 0 Å². The number of aryl methyl sites for hydroxylation is 2. The maximum atomic E-state index is 13.5. The van der Waals surface area contributed by atoms with E-state index in [0.29, 0.717) is 10.5 Å². The van der Waals surface area contributed by atoms with Gasteiger partial charge in [0.25, 0.3) is 5.56 Å². The van der Waals surface area contributed by atoms with Gasteiger partial charge in [-0.05, 0) is 52.0 Å². The molecule has 0 bridgehead atoms. The van der Waals surface area contributed by atoms with Crippen molar-refractivity contribution in [2.45, 2.75) is 89.2 Å². The number of amides is 1. The smallest absolute Gasteiger partial charge is 0.263 e. The van der Waals surface area contributed by atoms with Gasteiger partial charge in [0.15, 0.2) is 5.16 Å². The normalized spacial score (nSPS) is 17.8. The van der Waals surface area contributed by atoms with E-state index in [-0.39, 0.29) is 23.4 Å². The van der Waals surface area contributed by atoms with Crippen LogP contribution in [0.25, 0.3) is 10.2 Å². The quantitative estimate of drug-likeness (QED) is 0.512.